The molecule has 2 rings (SSSR count). The SMILES string of the molecule is [CH2][n+]1ccc2cccc(O)c2c1. The van der Waals surface area contributed by atoms with Gasteiger partial charge in [-0.1, -0.05) is 12.1 Å². The standard InChI is InChI=1S/C10H9NO/c1-11-6-5-8-3-2-4-10(12)9(8)7-11/h2-7,12H,1H2/q+1. The second kappa shape index (κ2) is 2.48. The van der Waals surface area contributed by atoms with Gasteiger partial charge in [0, 0.05) is 6.07 Å². The third-order valence-corrected chi connectivity index (χ3v) is 1.86. The monoisotopic (exact) mass is 159 g/mol. The molecule has 1 radical (unpaired) electrons. The number of aromatic hydroxyl groups is 1. The Morgan fingerprint density at radius 1 is 1.25 bits per heavy atom. The van der Waals surface area contributed by atoms with Crippen LogP contribution >= 0.6 is 0 Å². The van der Waals surface area contributed by atoms with Crippen LogP contribution in [0.5, 0.6) is 5.75 Å². The lowest BCUT2D eigenvalue weighted by atomic mass is 10.1. The molecular weight excluding hydrogens is 150 g/mol. The van der Waals surface area contributed by atoms with E-state index >= 15 is 0 Å². The van der Waals surface area contributed by atoms with Crippen molar-refractivity contribution in [3.8, 4) is 5.75 Å². The number of benzene rings is 1. The molecular formula is C10H9NO+. The molecule has 0 spiro atoms. The molecule has 0 aliphatic heterocycles. The number of hydrogen-bond donors (Lipinski definition) is 1. The summed E-state index contributed by atoms with van der Waals surface area (Å²) in [4.78, 5) is 0. The molecule has 2 heteroatoms. The summed E-state index contributed by atoms with van der Waals surface area (Å²) < 4.78 is 1.67. The molecule has 0 saturated carbocycles. The zero-order valence-corrected chi connectivity index (χ0v) is 6.57. The second-order valence-electron chi connectivity index (χ2n) is 2.74. The van der Waals surface area contributed by atoms with Crippen LogP contribution in [0.1, 0.15) is 0 Å². The highest BCUT2D eigenvalue weighted by atomic mass is 16.3. The van der Waals surface area contributed by atoms with Gasteiger partial charge < -0.3 is 5.11 Å². The summed E-state index contributed by atoms with van der Waals surface area (Å²) in [7, 11) is 3.72. The molecule has 0 atom stereocenters. The zero-order chi connectivity index (χ0) is 8.55. The average molecular weight is 159 g/mol. The Kier molecular flexibility index (Phi) is 1.47. The van der Waals surface area contributed by atoms with Crippen molar-refractivity contribution in [2.24, 2.45) is 0 Å². The minimum Gasteiger partial charge on any atom is -0.507 e. The third-order valence-electron chi connectivity index (χ3n) is 1.86. The van der Waals surface area contributed by atoms with E-state index in [4.69, 9.17) is 0 Å². The van der Waals surface area contributed by atoms with Crippen LogP contribution < -0.4 is 4.57 Å². The van der Waals surface area contributed by atoms with E-state index in [0.29, 0.717) is 5.75 Å². The van der Waals surface area contributed by atoms with E-state index in [2.05, 4.69) is 7.05 Å². The van der Waals surface area contributed by atoms with Gasteiger partial charge in [0.25, 0.3) is 0 Å². The Hall–Kier alpha value is -1.57. The molecule has 2 nitrogen and oxygen atoms in total. The van der Waals surface area contributed by atoms with Crippen LogP contribution in [0.3, 0.4) is 0 Å². The Morgan fingerprint density at radius 2 is 2.08 bits per heavy atom. The molecule has 2 aromatic rings. The number of rotatable bonds is 0. The molecule has 59 valence electrons. The van der Waals surface area contributed by atoms with E-state index in [-0.39, 0.29) is 0 Å². The van der Waals surface area contributed by atoms with Crippen LogP contribution in [-0.2, 0) is 0 Å². The average Bonchev–Trinajstić information content (AvgIpc) is 2.07. The minimum atomic E-state index is 0.297. The largest absolute Gasteiger partial charge is 0.507 e. The van der Waals surface area contributed by atoms with Gasteiger partial charge in [0.05, 0.1) is 5.39 Å². The quantitative estimate of drug-likeness (QED) is 0.578. The molecule has 0 saturated heterocycles. The number of nitrogens with zero attached hydrogens (tertiary/aromatic N) is 1. The lowest BCUT2D eigenvalue weighted by molar-refractivity contribution is -0.610. The van der Waals surface area contributed by atoms with Gasteiger partial charge >= 0.3 is 0 Å². The highest BCUT2D eigenvalue weighted by Crippen LogP contribution is 2.21. The zero-order valence-electron chi connectivity index (χ0n) is 6.57. The van der Waals surface area contributed by atoms with E-state index < -0.39 is 0 Å². The smallest absolute Gasteiger partial charge is 0.206 e. The summed E-state index contributed by atoms with van der Waals surface area (Å²) in [6.45, 7) is 0. The number of pyridine rings is 1. The van der Waals surface area contributed by atoms with Gasteiger partial charge in [-0.25, -0.2) is 0 Å². The first kappa shape index (κ1) is 7.10. The minimum absolute atomic E-state index is 0.297. The molecule has 1 aromatic heterocycles. The van der Waals surface area contributed by atoms with Crippen molar-refractivity contribution in [1.82, 2.24) is 0 Å². The fraction of sp³-hybridized carbons (Fsp3) is 0. The molecule has 1 aromatic carbocycles. The van der Waals surface area contributed by atoms with Gasteiger partial charge in [-0.2, -0.15) is 4.57 Å². The maximum Gasteiger partial charge on any atom is 0.206 e. The number of fused-ring (bicyclic) bond motifs is 1. The first-order chi connectivity index (χ1) is 5.77. The van der Waals surface area contributed by atoms with E-state index in [1.54, 1.807) is 16.8 Å². The molecule has 1 heterocycles. The van der Waals surface area contributed by atoms with E-state index in [0.717, 1.165) is 10.8 Å². The van der Waals surface area contributed by atoms with Crippen molar-refractivity contribution < 1.29 is 9.67 Å². The third kappa shape index (κ3) is 1.01. The molecule has 1 N–H and O–H groups in total. The molecule has 0 aliphatic rings. The van der Waals surface area contributed by atoms with Crippen molar-refractivity contribution >= 4 is 10.8 Å². The predicted molar refractivity (Wildman–Crippen MR) is 46.6 cm³/mol. The van der Waals surface area contributed by atoms with Crippen LogP contribution in [0.25, 0.3) is 10.8 Å². The fourth-order valence-corrected chi connectivity index (χ4v) is 1.24. The Morgan fingerprint density at radius 3 is 2.92 bits per heavy atom. The first-order valence-corrected chi connectivity index (χ1v) is 3.71. The Labute approximate surface area is 70.7 Å². The molecule has 12 heavy (non-hydrogen) atoms. The molecule has 0 aliphatic carbocycles. The molecule has 0 fully saturated rings. The molecule has 0 bridgehead atoms. The normalized spacial score (nSPS) is 10.4. The summed E-state index contributed by atoms with van der Waals surface area (Å²) in [5.41, 5.74) is 0. The molecule has 0 amide bonds. The predicted octanol–water partition coefficient (Wildman–Crippen LogP) is 1.47. The maximum atomic E-state index is 9.45. The maximum absolute atomic E-state index is 9.45. The summed E-state index contributed by atoms with van der Waals surface area (Å²) in [6.07, 6.45) is 3.65. The Bertz CT molecular complexity index is 423. The van der Waals surface area contributed by atoms with Crippen molar-refractivity contribution in [3.63, 3.8) is 0 Å². The van der Waals surface area contributed by atoms with E-state index in [1.807, 2.05) is 24.4 Å². The highest BCUT2D eigenvalue weighted by molar-refractivity contribution is 5.86. The van der Waals surface area contributed by atoms with Crippen molar-refractivity contribution in [2.45, 2.75) is 0 Å². The summed E-state index contributed by atoms with van der Waals surface area (Å²) in [6, 6.07) is 7.37. The lowest BCUT2D eigenvalue weighted by Crippen LogP contribution is -2.22. The number of hydrogen-bond acceptors (Lipinski definition) is 1. The highest BCUT2D eigenvalue weighted by Gasteiger charge is 2.02. The van der Waals surface area contributed by atoms with Crippen molar-refractivity contribution in [3.05, 3.63) is 43.7 Å². The van der Waals surface area contributed by atoms with Gasteiger partial charge in [0.1, 0.15) is 5.75 Å². The number of aromatic nitrogens is 1. The van der Waals surface area contributed by atoms with Gasteiger partial charge in [0.2, 0.25) is 7.05 Å². The van der Waals surface area contributed by atoms with Crippen LogP contribution in [0, 0.1) is 7.05 Å². The van der Waals surface area contributed by atoms with Crippen LogP contribution in [-0.4, -0.2) is 5.11 Å². The molecule has 0 unspecified atom stereocenters. The van der Waals surface area contributed by atoms with E-state index in [9.17, 15) is 5.11 Å². The van der Waals surface area contributed by atoms with Crippen LogP contribution in [0.15, 0.2) is 36.7 Å². The van der Waals surface area contributed by atoms with Gasteiger partial charge in [-0.05, 0) is 11.5 Å². The fourth-order valence-electron chi connectivity index (χ4n) is 1.24. The van der Waals surface area contributed by atoms with Gasteiger partial charge in [0.15, 0.2) is 12.4 Å². The lowest BCUT2D eigenvalue weighted by Gasteiger charge is -1.96. The van der Waals surface area contributed by atoms with Crippen molar-refractivity contribution in [1.29, 1.82) is 0 Å². The van der Waals surface area contributed by atoms with Crippen LogP contribution in [0.2, 0.25) is 0 Å². The van der Waals surface area contributed by atoms with Gasteiger partial charge in [-0.3, -0.25) is 0 Å². The van der Waals surface area contributed by atoms with Crippen LogP contribution in [0.4, 0.5) is 0 Å². The number of phenolic OH excluding ortho intramolecular Hbond substituents is 1. The Balaban J connectivity index is 2.88. The summed E-state index contributed by atoms with van der Waals surface area (Å²) in [5.74, 6) is 0.297. The van der Waals surface area contributed by atoms with Crippen molar-refractivity contribution in [2.75, 3.05) is 0 Å². The van der Waals surface area contributed by atoms with Gasteiger partial charge in [-0.15, -0.1) is 0 Å². The summed E-state index contributed by atoms with van der Waals surface area (Å²) in [5, 5.41) is 11.3. The number of phenols is 1. The van der Waals surface area contributed by atoms with E-state index in [1.165, 1.54) is 0 Å². The first-order valence-electron chi connectivity index (χ1n) is 3.71. The second-order valence-corrected chi connectivity index (χ2v) is 2.74. The topological polar surface area (TPSA) is 24.1 Å². The summed E-state index contributed by atoms with van der Waals surface area (Å²) >= 11 is 0.